The van der Waals surface area contributed by atoms with Crippen LogP contribution in [0.25, 0.3) is 16.6 Å². The Morgan fingerprint density at radius 2 is 2.17 bits per heavy atom. The number of nitrogens with two attached hydrogens (primary N) is 1. The SMILES string of the molecule is C=C(c1ccco1)N(Cc1ccc2ccc(C)cc2n1)SON. The van der Waals surface area contributed by atoms with Crippen LogP contribution in [0.2, 0.25) is 0 Å². The molecule has 0 unspecified atom stereocenters. The van der Waals surface area contributed by atoms with Gasteiger partial charge in [-0.25, -0.2) is 10.2 Å². The van der Waals surface area contributed by atoms with E-state index in [0.717, 1.165) is 28.8 Å². The molecule has 0 radical (unpaired) electrons. The lowest BCUT2D eigenvalue weighted by Gasteiger charge is -2.21. The van der Waals surface area contributed by atoms with Crippen LogP contribution in [0, 0.1) is 6.92 Å². The van der Waals surface area contributed by atoms with Crippen LogP contribution >= 0.6 is 12.2 Å². The van der Waals surface area contributed by atoms with Crippen molar-refractivity contribution in [1.82, 2.24) is 9.29 Å². The van der Waals surface area contributed by atoms with Crippen LogP contribution in [0.3, 0.4) is 0 Å². The van der Waals surface area contributed by atoms with Crippen LogP contribution < -0.4 is 5.90 Å². The van der Waals surface area contributed by atoms with Crippen LogP contribution in [0.4, 0.5) is 0 Å². The van der Waals surface area contributed by atoms with E-state index in [1.165, 1.54) is 5.56 Å². The summed E-state index contributed by atoms with van der Waals surface area (Å²) in [5, 5.41) is 1.11. The Hall–Kier alpha value is -2.28. The van der Waals surface area contributed by atoms with Crippen molar-refractivity contribution >= 4 is 28.8 Å². The van der Waals surface area contributed by atoms with Gasteiger partial charge in [-0.3, -0.25) is 9.29 Å². The standard InChI is InChI=1S/C17H17N3O2S/c1-12-5-6-14-7-8-15(19-16(14)10-12)11-20(23-22-18)13(2)17-4-3-9-21-17/h3-10H,2,11,18H2,1H3. The predicted octanol–water partition coefficient (Wildman–Crippen LogP) is 4.06. The Bertz CT molecular complexity index is 818. The number of fused-ring (bicyclic) bond motifs is 1. The number of nitrogens with zero attached hydrogens (tertiary/aromatic N) is 2. The largest absolute Gasteiger partial charge is 0.463 e. The number of rotatable bonds is 6. The predicted molar refractivity (Wildman–Crippen MR) is 92.6 cm³/mol. The van der Waals surface area contributed by atoms with Gasteiger partial charge in [0.05, 0.1) is 29.7 Å². The van der Waals surface area contributed by atoms with Gasteiger partial charge in [0.2, 0.25) is 0 Å². The summed E-state index contributed by atoms with van der Waals surface area (Å²) in [4.78, 5) is 4.70. The molecule has 0 amide bonds. The molecule has 0 aliphatic heterocycles. The van der Waals surface area contributed by atoms with Gasteiger partial charge in [0.1, 0.15) is 18.0 Å². The number of hydrogen-bond donors (Lipinski definition) is 1. The summed E-state index contributed by atoms with van der Waals surface area (Å²) in [6.45, 7) is 6.58. The number of aryl methyl sites for hydroxylation is 1. The lowest BCUT2D eigenvalue weighted by atomic mass is 10.1. The van der Waals surface area contributed by atoms with Gasteiger partial charge in [-0.15, -0.1) is 0 Å². The Balaban J connectivity index is 1.86. The molecule has 0 aliphatic carbocycles. The van der Waals surface area contributed by atoms with Crippen molar-refractivity contribution in [2.75, 3.05) is 0 Å². The molecule has 0 saturated heterocycles. The van der Waals surface area contributed by atoms with Crippen LogP contribution in [0.1, 0.15) is 17.0 Å². The summed E-state index contributed by atoms with van der Waals surface area (Å²) in [6.07, 6.45) is 1.60. The number of benzene rings is 1. The Labute approximate surface area is 139 Å². The number of furan rings is 1. The first kappa shape index (κ1) is 15.6. The molecular formula is C17H17N3O2S. The van der Waals surface area contributed by atoms with Gasteiger partial charge >= 0.3 is 0 Å². The van der Waals surface area contributed by atoms with Crippen LogP contribution in [-0.2, 0) is 10.8 Å². The molecule has 2 heterocycles. The second-order valence-electron chi connectivity index (χ2n) is 5.13. The molecule has 0 spiro atoms. The van der Waals surface area contributed by atoms with Crippen molar-refractivity contribution < 1.29 is 8.70 Å². The first-order valence-corrected chi connectivity index (χ1v) is 7.77. The molecule has 1 aromatic carbocycles. The van der Waals surface area contributed by atoms with E-state index in [9.17, 15) is 0 Å². The van der Waals surface area contributed by atoms with E-state index in [2.05, 4.69) is 37.8 Å². The molecule has 0 fully saturated rings. The van der Waals surface area contributed by atoms with Crippen molar-refractivity contribution in [2.24, 2.45) is 5.90 Å². The molecule has 0 saturated carbocycles. The highest BCUT2D eigenvalue weighted by molar-refractivity contribution is 7.92. The number of aromatic nitrogens is 1. The highest BCUT2D eigenvalue weighted by atomic mass is 32.2. The maximum absolute atomic E-state index is 5.37. The molecule has 2 aromatic heterocycles. The maximum atomic E-state index is 5.37. The second kappa shape index (κ2) is 6.87. The van der Waals surface area contributed by atoms with Gasteiger partial charge < -0.3 is 4.42 Å². The Morgan fingerprint density at radius 1 is 1.35 bits per heavy atom. The van der Waals surface area contributed by atoms with Crippen molar-refractivity contribution in [2.45, 2.75) is 13.5 Å². The van der Waals surface area contributed by atoms with Crippen molar-refractivity contribution in [1.29, 1.82) is 0 Å². The monoisotopic (exact) mass is 327 g/mol. The lowest BCUT2D eigenvalue weighted by Crippen LogP contribution is -2.15. The highest BCUT2D eigenvalue weighted by Gasteiger charge is 2.15. The van der Waals surface area contributed by atoms with E-state index >= 15 is 0 Å². The van der Waals surface area contributed by atoms with Crippen LogP contribution in [0.15, 0.2) is 59.7 Å². The molecule has 118 valence electrons. The average molecular weight is 327 g/mol. The van der Waals surface area contributed by atoms with Crippen molar-refractivity contribution in [3.05, 3.63) is 72.3 Å². The minimum absolute atomic E-state index is 0.491. The molecule has 0 aliphatic rings. The summed E-state index contributed by atoms with van der Waals surface area (Å²) < 4.78 is 11.9. The molecule has 23 heavy (non-hydrogen) atoms. The van der Waals surface area contributed by atoms with E-state index in [-0.39, 0.29) is 0 Å². The minimum atomic E-state index is 0.491. The fraction of sp³-hybridized carbons (Fsp3) is 0.118. The van der Waals surface area contributed by atoms with Gasteiger partial charge in [-0.2, -0.15) is 0 Å². The number of hydrogen-bond acceptors (Lipinski definition) is 6. The van der Waals surface area contributed by atoms with Gasteiger partial charge in [-0.05, 0) is 36.8 Å². The lowest BCUT2D eigenvalue weighted by molar-refractivity contribution is 0.372. The fourth-order valence-corrected chi connectivity index (χ4v) is 2.76. The van der Waals surface area contributed by atoms with E-state index in [1.54, 1.807) is 10.6 Å². The summed E-state index contributed by atoms with van der Waals surface area (Å²) in [7, 11) is 0. The smallest absolute Gasteiger partial charge is 0.150 e. The molecule has 3 rings (SSSR count). The zero-order valence-electron chi connectivity index (χ0n) is 12.7. The summed E-state index contributed by atoms with van der Waals surface area (Å²) in [6, 6.07) is 13.9. The maximum Gasteiger partial charge on any atom is 0.150 e. The third kappa shape index (κ3) is 3.56. The zero-order chi connectivity index (χ0) is 16.2. The molecule has 0 bridgehead atoms. The fourth-order valence-electron chi connectivity index (χ4n) is 2.29. The third-order valence-electron chi connectivity index (χ3n) is 3.45. The molecule has 0 atom stereocenters. The van der Waals surface area contributed by atoms with Crippen molar-refractivity contribution in [3.63, 3.8) is 0 Å². The summed E-state index contributed by atoms with van der Waals surface area (Å²) in [5.74, 6) is 5.87. The molecule has 2 N–H and O–H groups in total. The second-order valence-corrected chi connectivity index (χ2v) is 5.91. The molecular weight excluding hydrogens is 310 g/mol. The molecule has 3 aromatic rings. The Morgan fingerprint density at radius 3 is 2.91 bits per heavy atom. The normalized spacial score (nSPS) is 10.9. The van der Waals surface area contributed by atoms with Gasteiger partial charge in [0.15, 0.2) is 0 Å². The highest BCUT2D eigenvalue weighted by Crippen LogP contribution is 2.27. The van der Waals surface area contributed by atoms with E-state index in [4.69, 9.17) is 19.6 Å². The molecule has 6 heteroatoms. The van der Waals surface area contributed by atoms with Crippen LogP contribution in [-0.4, -0.2) is 9.29 Å². The summed E-state index contributed by atoms with van der Waals surface area (Å²) in [5.41, 5.74) is 3.69. The van der Waals surface area contributed by atoms with E-state index < -0.39 is 0 Å². The van der Waals surface area contributed by atoms with Gasteiger partial charge in [-0.1, -0.05) is 24.8 Å². The zero-order valence-corrected chi connectivity index (χ0v) is 13.5. The average Bonchev–Trinajstić information content (AvgIpc) is 3.08. The summed E-state index contributed by atoms with van der Waals surface area (Å²) >= 11 is 0.998. The first-order chi connectivity index (χ1) is 11.2. The first-order valence-electron chi connectivity index (χ1n) is 7.07. The topological polar surface area (TPSA) is 64.5 Å². The minimum Gasteiger partial charge on any atom is -0.463 e. The molecule has 5 nitrogen and oxygen atoms in total. The van der Waals surface area contributed by atoms with Crippen LogP contribution in [0.5, 0.6) is 0 Å². The number of pyridine rings is 1. The Kier molecular flexibility index (Phi) is 4.66. The quantitative estimate of drug-likeness (QED) is 0.418. The van der Waals surface area contributed by atoms with Gasteiger partial charge in [0.25, 0.3) is 0 Å². The van der Waals surface area contributed by atoms with Gasteiger partial charge in [0, 0.05) is 5.39 Å². The third-order valence-corrected chi connectivity index (χ3v) is 4.07. The van der Waals surface area contributed by atoms with E-state index in [0.29, 0.717) is 18.0 Å². The van der Waals surface area contributed by atoms with Crippen molar-refractivity contribution in [3.8, 4) is 0 Å². The van der Waals surface area contributed by atoms with E-state index in [1.807, 2.05) is 18.2 Å².